The molecule has 1 unspecified atom stereocenters. The molecule has 0 saturated heterocycles. The summed E-state index contributed by atoms with van der Waals surface area (Å²) in [7, 11) is 1.73. The maximum Gasteiger partial charge on any atom is 0.0713 e. The topological polar surface area (TPSA) is 21.3 Å². The van der Waals surface area contributed by atoms with Gasteiger partial charge in [0.1, 0.15) is 0 Å². The summed E-state index contributed by atoms with van der Waals surface area (Å²) in [6.45, 7) is 11.9. The van der Waals surface area contributed by atoms with Crippen LogP contribution in [0.3, 0.4) is 0 Å². The third-order valence-corrected chi connectivity index (χ3v) is 3.59. The highest BCUT2D eigenvalue weighted by Gasteiger charge is 2.18. The van der Waals surface area contributed by atoms with Crippen LogP contribution in [0.15, 0.2) is 24.3 Å². The second-order valence-electron chi connectivity index (χ2n) is 6.15. The highest BCUT2D eigenvalue weighted by molar-refractivity contribution is 5.21. The number of hydrogen-bond acceptors (Lipinski definition) is 2. The van der Waals surface area contributed by atoms with Gasteiger partial charge in [-0.25, -0.2) is 0 Å². The summed E-state index contributed by atoms with van der Waals surface area (Å²) in [4.78, 5) is 0. The molecule has 0 heterocycles. The molecule has 0 aliphatic heterocycles. The molecule has 0 aromatic heterocycles. The third kappa shape index (κ3) is 5.19. The molecule has 0 fully saturated rings. The van der Waals surface area contributed by atoms with Crippen LogP contribution in [0.2, 0.25) is 0 Å². The summed E-state index contributed by atoms with van der Waals surface area (Å²) < 4.78 is 5.10. The Labute approximate surface area is 112 Å². The Morgan fingerprint density at radius 1 is 1.11 bits per heavy atom. The van der Waals surface area contributed by atoms with Crippen molar-refractivity contribution < 1.29 is 4.74 Å². The van der Waals surface area contributed by atoms with E-state index >= 15 is 0 Å². The Balaban J connectivity index is 2.35. The molecule has 0 aliphatic rings. The quantitative estimate of drug-likeness (QED) is 0.831. The van der Waals surface area contributed by atoms with Crippen molar-refractivity contribution in [2.45, 2.75) is 40.8 Å². The first-order valence-electron chi connectivity index (χ1n) is 6.71. The molecule has 18 heavy (non-hydrogen) atoms. The number of hydrogen-bond donors (Lipinski definition) is 1. The van der Waals surface area contributed by atoms with E-state index in [1.165, 1.54) is 11.1 Å². The molecule has 102 valence electrons. The molecular weight excluding hydrogens is 222 g/mol. The monoisotopic (exact) mass is 249 g/mol. The molecule has 0 saturated carbocycles. The number of rotatable bonds is 6. The van der Waals surface area contributed by atoms with Gasteiger partial charge >= 0.3 is 0 Å². The predicted molar refractivity (Wildman–Crippen MR) is 77.5 cm³/mol. The normalized spacial score (nSPS) is 13.6. The van der Waals surface area contributed by atoms with Crippen LogP contribution in [0, 0.1) is 11.3 Å². The lowest BCUT2D eigenvalue weighted by Crippen LogP contribution is -2.29. The summed E-state index contributed by atoms with van der Waals surface area (Å²) in [5.74, 6) is 0.672. The van der Waals surface area contributed by atoms with E-state index in [-0.39, 0.29) is 0 Å². The smallest absolute Gasteiger partial charge is 0.0713 e. The minimum absolute atomic E-state index is 0.370. The Hall–Kier alpha value is -0.860. The van der Waals surface area contributed by atoms with E-state index in [0.29, 0.717) is 17.9 Å². The zero-order valence-corrected chi connectivity index (χ0v) is 12.4. The Bertz CT molecular complexity index is 337. The van der Waals surface area contributed by atoms with E-state index in [0.717, 1.165) is 13.1 Å². The van der Waals surface area contributed by atoms with Crippen LogP contribution in [0.1, 0.15) is 38.8 Å². The second-order valence-corrected chi connectivity index (χ2v) is 6.15. The largest absolute Gasteiger partial charge is 0.380 e. The molecule has 2 heteroatoms. The highest BCUT2D eigenvalue weighted by Crippen LogP contribution is 2.24. The van der Waals surface area contributed by atoms with Crippen LogP contribution in [0.4, 0.5) is 0 Å². The first kappa shape index (κ1) is 15.2. The van der Waals surface area contributed by atoms with Crippen LogP contribution < -0.4 is 5.32 Å². The lowest BCUT2D eigenvalue weighted by molar-refractivity contribution is 0.185. The van der Waals surface area contributed by atoms with Gasteiger partial charge in [-0.05, 0) is 29.0 Å². The van der Waals surface area contributed by atoms with Gasteiger partial charge in [-0.15, -0.1) is 0 Å². The van der Waals surface area contributed by atoms with Gasteiger partial charge in [0, 0.05) is 13.7 Å². The first-order valence-corrected chi connectivity index (χ1v) is 6.71. The fourth-order valence-corrected chi connectivity index (χ4v) is 1.66. The van der Waals surface area contributed by atoms with Crippen LogP contribution >= 0.6 is 0 Å². The average Bonchev–Trinajstić information content (AvgIpc) is 2.30. The molecule has 2 nitrogen and oxygen atoms in total. The summed E-state index contributed by atoms with van der Waals surface area (Å²) in [6.07, 6.45) is 0. The van der Waals surface area contributed by atoms with Crippen molar-refractivity contribution in [1.82, 2.24) is 5.32 Å². The number of benzene rings is 1. The van der Waals surface area contributed by atoms with Gasteiger partial charge < -0.3 is 10.1 Å². The van der Waals surface area contributed by atoms with Crippen LogP contribution in [-0.4, -0.2) is 13.7 Å². The summed E-state index contributed by atoms with van der Waals surface area (Å²) in [5.41, 5.74) is 2.93. The fourth-order valence-electron chi connectivity index (χ4n) is 1.66. The van der Waals surface area contributed by atoms with Crippen LogP contribution in [0.25, 0.3) is 0 Å². The second kappa shape index (κ2) is 6.91. The number of nitrogens with one attached hydrogen (secondary N) is 1. The summed E-state index contributed by atoms with van der Waals surface area (Å²) >= 11 is 0. The van der Waals surface area contributed by atoms with Crippen molar-refractivity contribution in [3.8, 4) is 0 Å². The van der Waals surface area contributed by atoms with E-state index in [9.17, 15) is 0 Å². The van der Waals surface area contributed by atoms with E-state index in [1.807, 2.05) is 0 Å². The molecular formula is C16H27NO. The average molecular weight is 249 g/mol. The van der Waals surface area contributed by atoms with Crippen LogP contribution in [0.5, 0.6) is 0 Å². The van der Waals surface area contributed by atoms with Gasteiger partial charge in [0.15, 0.2) is 0 Å². The van der Waals surface area contributed by atoms with Crippen LogP contribution in [-0.2, 0) is 17.9 Å². The molecule has 1 aromatic carbocycles. The first-order chi connectivity index (χ1) is 8.43. The Kier molecular flexibility index (Phi) is 5.83. The predicted octanol–water partition coefficient (Wildman–Crippen LogP) is 3.60. The number of ether oxygens (including phenoxy) is 1. The van der Waals surface area contributed by atoms with Crippen molar-refractivity contribution >= 4 is 0 Å². The summed E-state index contributed by atoms with van der Waals surface area (Å²) in [6, 6.07) is 8.60. The number of methoxy groups -OCH3 is 1. The van der Waals surface area contributed by atoms with Crippen molar-refractivity contribution in [2.75, 3.05) is 13.7 Å². The SMILES string of the molecule is COCc1ccc(CNCC(C)C(C)(C)C)cc1. The maximum absolute atomic E-state index is 5.10. The van der Waals surface area contributed by atoms with Gasteiger partial charge in [-0.2, -0.15) is 0 Å². The molecule has 1 atom stereocenters. The van der Waals surface area contributed by atoms with Crippen molar-refractivity contribution in [3.05, 3.63) is 35.4 Å². The fraction of sp³-hybridized carbons (Fsp3) is 0.625. The van der Waals surface area contributed by atoms with E-state index < -0.39 is 0 Å². The molecule has 1 N–H and O–H groups in total. The van der Waals surface area contributed by atoms with Crippen molar-refractivity contribution in [1.29, 1.82) is 0 Å². The Morgan fingerprint density at radius 2 is 1.67 bits per heavy atom. The van der Waals surface area contributed by atoms with Gasteiger partial charge in [0.2, 0.25) is 0 Å². The maximum atomic E-state index is 5.10. The molecule has 0 spiro atoms. The van der Waals surface area contributed by atoms with Gasteiger partial charge in [-0.3, -0.25) is 0 Å². The standard InChI is InChI=1S/C16H27NO/c1-13(16(2,3)4)10-17-11-14-6-8-15(9-7-14)12-18-5/h6-9,13,17H,10-12H2,1-5H3. The zero-order chi connectivity index (χ0) is 13.6. The summed E-state index contributed by atoms with van der Waals surface area (Å²) in [5, 5.41) is 3.53. The van der Waals surface area contributed by atoms with Crippen molar-refractivity contribution in [3.63, 3.8) is 0 Å². The molecule has 0 bridgehead atoms. The van der Waals surface area contributed by atoms with Gasteiger partial charge in [0.25, 0.3) is 0 Å². The van der Waals surface area contributed by atoms with E-state index in [4.69, 9.17) is 4.74 Å². The van der Waals surface area contributed by atoms with Crippen molar-refractivity contribution in [2.24, 2.45) is 11.3 Å². The minimum atomic E-state index is 0.370. The molecule has 0 aliphatic carbocycles. The molecule has 0 amide bonds. The molecule has 1 rings (SSSR count). The van der Waals surface area contributed by atoms with E-state index in [2.05, 4.69) is 57.3 Å². The highest BCUT2D eigenvalue weighted by atomic mass is 16.5. The van der Waals surface area contributed by atoms with Gasteiger partial charge in [0.05, 0.1) is 6.61 Å². The molecule has 0 radical (unpaired) electrons. The third-order valence-electron chi connectivity index (χ3n) is 3.59. The molecule has 1 aromatic rings. The lowest BCUT2D eigenvalue weighted by atomic mass is 9.82. The van der Waals surface area contributed by atoms with E-state index in [1.54, 1.807) is 7.11 Å². The zero-order valence-electron chi connectivity index (χ0n) is 12.4. The minimum Gasteiger partial charge on any atom is -0.380 e. The lowest BCUT2D eigenvalue weighted by Gasteiger charge is -2.27. The Morgan fingerprint density at radius 3 is 2.17 bits per heavy atom. The van der Waals surface area contributed by atoms with Gasteiger partial charge in [-0.1, -0.05) is 52.0 Å².